The van der Waals surface area contributed by atoms with Crippen LogP contribution in [0.3, 0.4) is 0 Å². The predicted molar refractivity (Wildman–Crippen MR) is 77.6 cm³/mol. The molecule has 3 nitrogen and oxygen atoms in total. The molecule has 1 aromatic carbocycles. The molecule has 2 unspecified atom stereocenters. The smallest absolute Gasteiger partial charge is 0.124 e. The molecule has 3 N–H and O–H groups in total. The summed E-state index contributed by atoms with van der Waals surface area (Å²) in [5, 5.41) is 8.30. The van der Waals surface area contributed by atoms with Crippen molar-refractivity contribution < 1.29 is 0 Å². The quantitative estimate of drug-likeness (QED) is 0.638. The second-order valence-corrected chi connectivity index (χ2v) is 5.70. The standard InChI is InChI=1S/C14H20ClN3/c1-9-5-6-18(8-10(9)2)13-4-3-11(15)7-12(13)14(16)17/h3-4,7,9-10H,5-6,8H2,1-2H3,(H3,16,17). The molecule has 1 aliphatic heterocycles. The van der Waals surface area contributed by atoms with E-state index >= 15 is 0 Å². The van der Waals surface area contributed by atoms with Crippen LogP contribution in [0.5, 0.6) is 0 Å². The zero-order chi connectivity index (χ0) is 13.3. The van der Waals surface area contributed by atoms with Gasteiger partial charge in [0.1, 0.15) is 5.84 Å². The van der Waals surface area contributed by atoms with E-state index in [4.69, 9.17) is 22.7 Å². The van der Waals surface area contributed by atoms with Crippen molar-refractivity contribution in [3.05, 3.63) is 28.8 Å². The molecule has 2 atom stereocenters. The average molecular weight is 266 g/mol. The third kappa shape index (κ3) is 2.61. The Morgan fingerprint density at radius 3 is 2.72 bits per heavy atom. The first-order valence-electron chi connectivity index (χ1n) is 6.38. The van der Waals surface area contributed by atoms with Crippen LogP contribution < -0.4 is 10.6 Å². The zero-order valence-electron chi connectivity index (χ0n) is 10.9. The number of nitrogens with zero attached hydrogens (tertiary/aromatic N) is 1. The van der Waals surface area contributed by atoms with E-state index in [1.165, 1.54) is 6.42 Å². The van der Waals surface area contributed by atoms with E-state index < -0.39 is 0 Å². The highest BCUT2D eigenvalue weighted by atomic mass is 35.5. The Labute approximate surface area is 113 Å². The second kappa shape index (κ2) is 5.19. The lowest BCUT2D eigenvalue weighted by molar-refractivity contribution is 0.324. The summed E-state index contributed by atoms with van der Waals surface area (Å²) in [4.78, 5) is 2.32. The normalized spacial score (nSPS) is 24.1. The maximum atomic E-state index is 7.67. The minimum atomic E-state index is 0.0822. The molecule has 0 saturated carbocycles. The van der Waals surface area contributed by atoms with Gasteiger partial charge in [-0.1, -0.05) is 25.4 Å². The van der Waals surface area contributed by atoms with Crippen LogP contribution >= 0.6 is 11.6 Å². The van der Waals surface area contributed by atoms with Crippen molar-refractivity contribution in [2.24, 2.45) is 17.6 Å². The lowest BCUT2D eigenvalue weighted by Crippen LogP contribution is -2.39. The van der Waals surface area contributed by atoms with Crippen LogP contribution in [0.25, 0.3) is 0 Å². The number of nitrogens with one attached hydrogen (secondary N) is 1. The summed E-state index contributed by atoms with van der Waals surface area (Å²) >= 11 is 5.98. The Morgan fingerprint density at radius 2 is 2.11 bits per heavy atom. The second-order valence-electron chi connectivity index (χ2n) is 5.26. The van der Waals surface area contributed by atoms with Gasteiger partial charge in [-0.3, -0.25) is 5.41 Å². The summed E-state index contributed by atoms with van der Waals surface area (Å²) < 4.78 is 0. The van der Waals surface area contributed by atoms with Gasteiger partial charge in [0.05, 0.1) is 0 Å². The van der Waals surface area contributed by atoms with Gasteiger partial charge in [-0.15, -0.1) is 0 Å². The van der Waals surface area contributed by atoms with Crippen LogP contribution in [0.1, 0.15) is 25.8 Å². The monoisotopic (exact) mass is 265 g/mol. The van der Waals surface area contributed by atoms with Crippen LogP contribution in [0.2, 0.25) is 5.02 Å². The van der Waals surface area contributed by atoms with Gasteiger partial charge in [-0.2, -0.15) is 0 Å². The van der Waals surface area contributed by atoms with Crippen molar-refractivity contribution in [1.29, 1.82) is 5.41 Å². The van der Waals surface area contributed by atoms with Gasteiger partial charge in [-0.05, 0) is 36.5 Å². The first kappa shape index (κ1) is 13.2. The average Bonchev–Trinajstić information content (AvgIpc) is 2.32. The molecule has 4 heteroatoms. The largest absolute Gasteiger partial charge is 0.384 e. The van der Waals surface area contributed by atoms with Crippen LogP contribution in [0.4, 0.5) is 5.69 Å². The fraction of sp³-hybridized carbons (Fsp3) is 0.500. The van der Waals surface area contributed by atoms with Crippen LogP contribution in [0.15, 0.2) is 18.2 Å². The molecule has 0 bridgehead atoms. The van der Waals surface area contributed by atoms with Crippen molar-refractivity contribution in [1.82, 2.24) is 0 Å². The molecule has 1 aromatic rings. The van der Waals surface area contributed by atoms with E-state index in [1.807, 2.05) is 12.1 Å². The summed E-state index contributed by atoms with van der Waals surface area (Å²) in [6, 6.07) is 5.62. The number of anilines is 1. The fourth-order valence-corrected chi connectivity index (χ4v) is 2.65. The molecular formula is C14H20ClN3. The van der Waals surface area contributed by atoms with Gasteiger partial charge >= 0.3 is 0 Å². The molecule has 0 spiro atoms. The van der Waals surface area contributed by atoms with Crippen LogP contribution in [-0.4, -0.2) is 18.9 Å². The topological polar surface area (TPSA) is 53.1 Å². The van der Waals surface area contributed by atoms with Crippen LogP contribution in [-0.2, 0) is 0 Å². The molecule has 1 fully saturated rings. The number of benzene rings is 1. The van der Waals surface area contributed by atoms with Gasteiger partial charge < -0.3 is 10.6 Å². The fourth-order valence-electron chi connectivity index (χ4n) is 2.48. The SMILES string of the molecule is CC1CCN(c2ccc(Cl)cc2C(=N)N)CC1C. The highest BCUT2D eigenvalue weighted by molar-refractivity contribution is 6.31. The number of hydrogen-bond donors (Lipinski definition) is 2. The van der Waals surface area contributed by atoms with E-state index in [1.54, 1.807) is 6.07 Å². The maximum absolute atomic E-state index is 7.67. The molecule has 2 rings (SSSR count). The number of nitrogen functional groups attached to an aromatic ring is 1. The number of amidine groups is 1. The Morgan fingerprint density at radius 1 is 1.39 bits per heavy atom. The Balaban J connectivity index is 2.30. The number of halogens is 1. The number of nitrogens with two attached hydrogens (primary N) is 1. The van der Waals surface area contributed by atoms with Gasteiger partial charge in [0.15, 0.2) is 0 Å². The van der Waals surface area contributed by atoms with E-state index in [0.29, 0.717) is 10.9 Å². The summed E-state index contributed by atoms with van der Waals surface area (Å²) in [6.07, 6.45) is 1.18. The molecule has 18 heavy (non-hydrogen) atoms. The van der Waals surface area contributed by atoms with Crippen molar-refractivity contribution in [3.63, 3.8) is 0 Å². The highest BCUT2D eigenvalue weighted by Gasteiger charge is 2.24. The van der Waals surface area contributed by atoms with Gasteiger partial charge in [0.25, 0.3) is 0 Å². The molecule has 0 aliphatic carbocycles. The highest BCUT2D eigenvalue weighted by Crippen LogP contribution is 2.30. The molecule has 0 radical (unpaired) electrons. The first-order chi connectivity index (χ1) is 8.49. The minimum Gasteiger partial charge on any atom is -0.384 e. The number of rotatable bonds is 2. The van der Waals surface area contributed by atoms with E-state index in [-0.39, 0.29) is 5.84 Å². The first-order valence-corrected chi connectivity index (χ1v) is 6.75. The van der Waals surface area contributed by atoms with E-state index in [9.17, 15) is 0 Å². The van der Waals surface area contributed by atoms with Crippen molar-refractivity contribution >= 4 is 23.1 Å². The van der Waals surface area contributed by atoms with Gasteiger partial charge in [-0.25, -0.2) is 0 Å². The Kier molecular flexibility index (Phi) is 3.81. The lowest BCUT2D eigenvalue weighted by atomic mass is 9.88. The molecule has 0 amide bonds. The minimum absolute atomic E-state index is 0.0822. The summed E-state index contributed by atoms with van der Waals surface area (Å²) in [5.74, 6) is 1.50. The van der Waals surface area contributed by atoms with Gasteiger partial charge in [0, 0.05) is 29.4 Å². The molecule has 1 heterocycles. The predicted octanol–water partition coefficient (Wildman–Crippen LogP) is 3.11. The maximum Gasteiger partial charge on any atom is 0.124 e. The summed E-state index contributed by atoms with van der Waals surface area (Å²) in [5.41, 5.74) is 7.42. The van der Waals surface area contributed by atoms with E-state index in [0.717, 1.165) is 30.3 Å². The van der Waals surface area contributed by atoms with E-state index in [2.05, 4.69) is 18.7 Å². The summed E-state index contributed by atoms with van der Waals surface area (Å²) in [7, 11) is 0. The molecule has 1 saturated heterocycles. The third-order valence-electron chi connectivity index (χ3n) is 3.92. The molecule has 0 aromatic heterocycles. The Bertz CT molecular complexity index is 458. The van der Waals surface area contributed by atoms with Crippen molar-refractivity contribution in [3.8, 4) is 0 Å². The third-order valence-corrected chi connectivity index (χ3v) is 4.16. The van der Waals surface area contributed by atoms with Crippen LogP contribution in [0, 0.1) is 17.2 Å². The molecule has 98 valence electrons. The molecular weight excluding hydrogens is 246 g/mol. The number of piperidine rings is 1. The molecule has 1 aliphatic rings. The number of hydrogen-bond acceptors (Lipinski definition) is 2. The van der Waals surface area contributed by atoms with Crippen molar-refractivity contribution in [2.75, 3.05) is 18.0 Å². The zero-order valence-corrected chi connectivity index (χ0v) is 11.7. The lowest BCUT2D eigenvalue weighted by Gasteiger charge is -2.37. The van der Waals surface area contributed by atoms with Crippen molar-refractivity contribution in [2.45, 2.75) is 20.3 Å². The summed E-state index contributed by atoms with van der Waals surface area (Å²) in [6.45, 7) is 6.62. The van der Waals surface area contributed by atoms with Gasteiger partial charge in [0.2, 0.25) is 0 Å². The Hall–Kier alpha value is -1.22.